The number of para-hydroxylation sites is 1. The van der Waals surface area contributed by atoms with Crippen LogP contribution in [0.25, 0.3) is 16.4 Å². The fourth-order valence-corrected chi connectivity index (χ4v) is 4.62. The first-order chi connectivity index (χ1) is 13.8. The summed E-state index contributed by atoms with van der Waals surface area (Å²) in [5, 5.41) is 21.9. The lowest BCUT2D eigenvalue weighted by Crippen LogP contribution is -2.22. The number of aliphatic hydroxyl groups excluding tert-OH is 1. The number of nitrogens with zero attached hydrogens (tertiary/aromatic N) is 3. The van der Waals surface area contributed by atoms with Crippen LogP contribution in [0, 0.1) is 0 Å². The van der Waals surface area contributed by atoms with Crippen LogP contribution in [0.4, 0.5) is 0 Å². The molecule has 1 saturated heterocycles. The zero-order chi connectivity index (χ0) is 19.2. The fourth-order valence-electron chi connectivity index (χ4n) is 3.07. The largest absolute Gasteiger partial charge is 0.390 e. The number of hydrogen-bond donors (Lipinski definition) is 1. The van der Waals surface area contributed by atoms with E-state index < -0.39 is 6.10 Å². The summed E-state index contributed by atoms with van der Waals surface area (Å²) in [6.45, 7) is 1.66. The lowest BCUT2D eigenvalue weighted by atomic mass is 10.2. The number of thiophene rings is 1. The molecule has 3 heterocycles. The number of hydrogen-bond acceptors (Lipinski definition) is 7. The first-order valence-corrected chi connectivity index (χ1v) is 11.2. The molecule has 1 aliphatic rings. The normalized spacial score (nSPS) is 17.8. The monoisotopic (exact) mass is 417 g/mol. The summed E-state index contributed by atoms with van der Waals surface area (Å²) in [6, 6.07) is 14.1. The van der Waals surface area contributed by atoms with Crippen molar-refractivity contribution in [3.05, 3.63) is 47.8 Å². The molecule has 1 fully saturated rings. The second-order valence-electron chi connectivity index (χ2n) is 6.59. The van der Waals surface area contributed by atoms with Crippen molar-refractivity contribution < 1.29 is 14.6 Å². The van der Waals surface area contributed by atoms with E-state index in [1.807, 2.05) is 52.4 Å². The Bertz CT molecular complexity index is 849. The van der Waals surface area contributed by atoms with E-state index in [1.54, 1.807) is 11.3 Å². The lowest BCUT2D eigenvalue weighted by molar-refractivity contribution is -0.0114. The van der Waals surface area contributed by atoms with Gasteiger partial charge >= 0.3 is 0 Å². The molecule has 0 amide bonds. The van der Waals surface area contributed by atoms with Crippen LogP contribution in [-0.4, -0.2) is 57.7 Å². The molecule has 2 aromatic heterocycles. The Kier molecular flexibility index (Phi) is 6.77. The summed E-state index contributed by atoms with van der Waals surface area (Å²) < 4.78 is 13.2. The Morgan fingerprint density at radius 3 is 2.89 bits per heavy atom. The minimum atomic E-state index is -0.572. The summed E-state index contributed by atoms with van der Waals surface area (Å²) in [7, 11) is 0. The molecule has 0 spiro atoms. The van der Waals surface area contributed by atoms with Gasteiger partial charge in [0.05, 0.1) is 30.3 Å². The molecule has 4 rings (SSSR count). The summed E-state index contributed by atoms with van der Waals surface area (Å²) in [5.41, 5.74) is 1.00. The van der Waals surface area contributed by atoms with Crippen molar-refractivity contribution in [1.29, 1.82) is 0 Å². The van der Waals surface area contributed by atoms with E-state index in [0.717, 1.165) is 41.0 Å². The topological polar surface area (TPSA) is 69.4 Å². The Balaban J connectivity index is 1.41. The number of thioether (sulfide) groups is 1. The number of benzene rings is 1. The van der Waals surface area contributed by atoms with Gasteiger partial charge in [0.2, 0.25) is 0 Å². The average Bonchev–Trinajstić information content (AvgIpc) is 3.48. The van der Waals surface area contributed by atoms with Gasteiger partial charge in [0.25, 0.3) is 0 Å². The second kappa shape index (κ2) is 9.67. The first kappa shape index (κ1) is 19.6. The van der Waals surface area contributed by atoms with Gasteiger partial charge in [0.15, 0.2) is 11.0 Å². The maximum absolute atomic E-state index is 10.3. The second-order valence-corrected chi connectivity index (χ2v) is 8.53. The third kappa shape index (κ3) is 4.82. The van der Waals surface area contributed by atoms with Gasteiger partial charge in [-0.1, -0.05) is 36.0 Å². The van der Waals surface area contributed by atoms with Crippen LogP contribution in [0.5, 0.6) is 0 Å². The van der Waals surface area contributed by atoms with Gasteiger partial charge in [0, 0.05) is 18.0 Å². The van der Waals surface area contributed by atoms with Crippen molar-refractivity contribution in [2.24, 2.45) is 0 Å². The molecule has 8 heteroatoms. The standard InChI is InChI=1S/C20H23N3O3S2/c24-16(12-25-13-17-8-4-10-26-17)14-28-20-22-21-19(18-9-5-11-27-18)23(20)15-6-2-1-3-7-15/h1-3,5-7,9,11,16-17,24H,4,8,10,12-14H2/t16-,17-/m0/s1. The van der Waals surface area contributed by atoms with E-state index in [1.165, 1.54) is 11.8 Å². The van der Waals surface area contributed by atoms with E-state index in [0.29, 0.717) is 19.0 Å². The number of rotatable bonds is 9. The molecule has 0 saturated carbocycles. The Hall–Kier alpha value is -1.71. The molecule has 6 nitrogen and oxygen atoms in total. The Morgan fingerprint density at radius 1 is 1.25 bits per heavy atom. The number of aliphatic hydroxyl groups is 1. The van der Waals surface area contributed by atoms with Crippen LogP contribution in [0.2, 0.25) is 0 Å². The van der Waals surface area contributed by atoms with E-state index >= 15 is 0 Å². The van der Waals surface area contributed by atoms with Gasteiger partial charge in [-0.3, -0.25) is 4.57 Å². The Morgan fingerprint density at radius 2 is 2.14 bits per heavy atom. The van der Waals surface area contributed by atoms with Crippen LogP contribution in [0.1, 0.15) is 12.8 Å². The van der Waals surface area contributed by atoms with E-state index in [-0.39, 0.29) is 6.10 Å². The van der Waals surface area contributed by atoms with Crippen molar-refractivity contribution in [2.45, 2.75) is 30.2 Å². The van der Waals surface area contributed by atoms with Crippen molar-refractivity contribution in [2.75, 3.05) is 25.6 Å². The average molecular weight is 418 g/mol. The van der Waals surface area contributed by atoms with Crippen LogP contribution in [-0.2, 0) is 9.47 Å². The maximum atomic E-state index is 10.3. The highest BCUT2D eigenvalue weighted by molar-refractivity contribution is 7.99. The molecule has 1 N–H and O–H groups in total. The summed E-state index contributed by atoms with van der Waals surface area (Å²) in [6.07, 6.45) is 1.73. The molecule has 1 aromatic carbocycles. The molecule has 2 atom stereocenters. The van der Waals surface area contributed by atoms with Crippen LogP contribution in [0.15, 0.2) is 53.0 Å². The summed E-state index contributed by atoms with van der Waals surface area (Å²) in [5.74, 6) is 1.30. The van der Waals surface area contributed by atoms with Gasteiger partial charge in [0.1, 0.15) is 0 Å². The van der Waals surface area contributed by atoms with Gasteiger partial charge in [-0.15, -0.1) is 21.5 Å². The SMILES string of the molecule is O[C@@H](COC[C@@H]1CCCO1)CSc1nnc(-c2cccs2)n1-c1ccccc1. The molecule has 3 aromatic rings. The number of ether oxygens (including phenoxy) is 2. The lowest BCUT2D eigenvalue weighted by Gasteiger charge is -2.14. The fraction of sp³-hybridized carbons (Fsp3) is 0.400. The van der Waals surface area contributed by atoms with Crippen molar-refractivity contribution >= 4 is 23.1 Å². The van der Waals surface area contributed by atoms with Crippen LogP contribution in [0.3, 0.4) is 0 Å². The zero-order valence-corrected chi connectivity index (χ0v) is 17.1. The van der Waals surface area contributed by atoms with E-state index in [2.05, 4.69) is 10.2 Å². The molecular weight excluding hydrogens is 394 g/mol. The van der Waals surface area contributed by atoms with Crippen molar-refractivity contribution in [3.63, 3.8) is 0 Å². The van der Waals surface area contributed by atoms with Gasteiger partial charge in [-0.2, -0.15) is 0 Å². The molecule has 148 valence electrons. The van der Waals surface area contributed by atoms with E-state index in [9.17, 15) is 5.11 Å². The van der Waals surface area contributed by atoms with Crippen molar-refractivity contribution in [3.8, 4) is 16.4 Å². The van der Waals surface area contributed by atoms with E-state index in [4.69, 9.17) is 9.47 Å². The Labute approximate surface area is 172 Å². The molecule has 0 bridgehead atoms. The third-order valence-corrected chi connectivity index (χ3v) is 6.37. The minimum Gasteiger partial charge on any atom is -0.390 e. The van der Waals surface area contributed by atoms with Crippen molar-refractivity contribution in [1.82, 2.24) is 14.8 Å². The molecular formula is C20H23N3O3S2. The van der Waals surface area contributed by atoms with Gasteiger partial charge < -0.3 is 14.6 Å². The van der Waals surface area contributed by atoms with Gasteiger partial charge in [-0.25, -0.2) is 0 Å². The molecule has 0 aliphatic carbocycles. The highest BCUT2D eigenvalue weighted by Gasteiger charge is 2.19. The third-order valence-electron chi connectivity index (χ3n) is 4.43. The molecule has 0 unspecified atom stereocenters. The maximum Gasteiger partial charge on any atom is 0.196 e. The van der Waals surface area contributed by atoms with Crippen LogP contribution < -0.4 is 0 Å². The van der Waals surface area contributed by atoms with Crippen LogP contribution >= 0.6 is 23.1 Å². The highest BCUT2D eigenvalue weighted by Crippen LogP contribution is 2.30. The zero-order valence-electron chi connectivity index (χ0n) is 15.4. The summed E-state index contributed by atoms with van der Waals surface area (Å²) >= 11 is 3.12. The summed E-state index contributed by atoms with van der Waals surface area (Å²) in [4.78, 5) is 1.06. The quantitative estimate of drug-likeness (QED) is 0.536. The predicted octanol–water partition coefficient (Wildman–Crippen LogP) is 3.64. The molecule has 1 aliphatic heterocycles. The molecule has 0 radical (unpaired) electrons. The van der Waals surface area contributed by atoms with Gasteiger partial charge in [-0.05, 0) is 36.4 Å². The molecule has 28 heavy (non-hydrogen) atoms. The first-order valence-electron chi connectivity index (χ1n) is 9.36. The highest BCUT2D eigenvalue weighted by atomic mass is 32.2. The predicted molar refractivity (Wildman–Crippen MR) is 111 cm³/mol. The smallest absolute Gasteiger partial charge is 0.196 e. The number of aromatic nitrogens is 3. The minimum absolute atomic E-state index is 0.175.